The fraction of sp³-hybridized carbons (Fsp3) is 0.389. The van der Waals surface area contributed by atoms with E-state index >= 15 is 0 Å². The number of pyridine rings is 1. The van der Waals surface area contributed by atoms with Gasteiger partial charge >= 0.3 is 6.09 Å². The summed E-state index contributed by atoms with van der Waals surface area (Å²) in [6, 6.07) is 5.66. The second-order valence-corrected chi connectivity index (χ2v) is 6.71. The molecule has 1 amide bonds. The first-order valence-corrected chi connectivity index (χ1v) is 9.62. The van der Waals surface area contributed by atoms with E-state index in [0.29, 0.717) is 62.1 Å². The fourth-order valence-electron chi connectivity index (χ4n) is 3.00. The van der Waals surface area contributed by atoms with E-state index in [1.54, 1.807) is 6.20 Å². The second kappa shape index (κ2) is 9.01. The minimum atomic E-state index is -0.529. The van der Waals surface area contributed by atoms with Gasteiger partial charge in [0.15, 0.2) is 18.1 Å². The second-order valence-electron chi connectivity index (χ2n) is 6.37. The van der Waals surface area contributed by atoms with E-state index in [-0.39, 0.29) is 11.9 Å². The highest BCUT2D eigenvalue weighted by molar-refractivity contribution is 6.28. The molecule has 3 aromatic rings. The molecule has 1 aliphatic rings. The molecule has 10 nitrogen and oxygen atoms in total. The zero-order chi connectivity index (χ0) is 20.1. The summed E-state index contributed by atoms with van der Waals surface area (Å²) < 4.78 is 10.6. The van der Waals surface area contributed by atoms with Gasteiger partial charge in [0.1, 0.15) is 11.3 Å². The number of hydrogen-bond donors (Lipinski definition) is 2. The van der Waals surface area contributed by atoms with Crippen molar-refractivity contribution in [3.05, 3.63) is 41.2 Å². The number of halogens is 1. The Balaban J connectivity index is 1.36. The molecule has 4 rings (SSSR count). The topological polar surface area (TPSA) is 118 Å². The number of H-pyrrole nitrogens is 1. The first-order chi connectivity index (χ1) is 14.2. The minimum absolute atomic E-state index is 0.0219. The van der Waals surface area contributed by atoms with Gasteiger partial charge in [0.25, 0.3) is 0 Å². The third-order valence-corrected chi connectivity index (χ3v) is 4.55. The Morgan fingerprint density at radius 1 is 1.28 bits per heavy atom. The molecule has 152 valence electrons. The first kappa shape index (κ1) is 19.3. The number of aromatic amines is 1. The molecule has 0 aromatic carbocycles. The van der Waals surface area contributed by atoms with Crippen molar-refractivity contribution in [1.29, 1.82) is 0 Å². The largest absolute Gasteiger partial charge is 0.441 e. The number of anilines is 1. The number of rotatable bonds is 6. The predicted molar refractivity (Wildman–Crippen MR) is 106 cm³/mol. The van der Waals surface area contributed by atoms with Gasteiger partial charge in [0.2, 0.25) is 5.28 Å². The van der Waals surface area contributed by atoms with E-state index in [4.69, 9.17) is 21.1 Å². The number of imidazole rings is 1. The lowest BCUT2D eigenvalue weighted by molar-refractivity contribution is 0.122. The SMILES string of the molecule is O=C(NCCc1ccccn1)OCc1nc2nc(Cl)nc(N3CCOCC3)c2[nH]1. The van der Waals surface area contributed by atoms with Crippen LogP contribution in [0, 0.1) is 0 Å². The van der Waals surface area contributed by atoms with Crippen molar-refractivity contribution in [2.75, 3.05) is 37.7 Å². The zero-order valence-electron chi connectivity index (χ0n) is 15.6. The average Bonchev–Trinajstić information content (AvgIpc) is 3.16. The minimum Gasteiger partial charge on any atom is -0.441 e. The van der Waals surface area contributed by atoms with E-state index in [1.807, 2.05) is 18.2 Å². The number of carbonyl (C=O) groups is 1. The molecular weight excluding hydrogens is 398 g/mol. The number of amides is 1. The van der Waals surface area contributed by atoms with Crippen molar-refractivity contribution in [1.82, 2.24) is 30.2 Å². The lowest BCUT2D eigenvalue weighted by Crippen LogP contribution is -2.37. The fourth-order valence-corrected chi connectivity index (χ4v) is 3.16. The van der Waals surface area contributed by atoms with Gasteiger partial charge in [-0.25, -0.2) is 9.78 Å². The number of aromatic nitrogens is 5. The van der Waals surface area contributed by atoms with Crippen molar-refractivity contribution in [3.8, 4) is 0 Å². The molecule has 0 bridgehead atoms. The van der Waals surface area contributed by atoms with Gasteiger partial charge in [-0.1, -0.05) is 6.07 Å². The summed E-state index contributed by atoms with van der Waals surface area (Å²) in [4.78, 5) is 34.2. The maximum Gasteiger partial charge on any atom is 0.407 e. The number of alkyl carbamates (subject to hydrolysis) is 1. The number of nitrogens with one attached hydrogen (secondary N) is 2. The number of hydrogen-bond acceptors (Lipinski definition) is 8. The van der Waals surface area contributed by atoms with Crippen LogP contribution in [0.15, 0.2) is 24.4 Å². The molecule has 0 atom stereocenters. The summed E-state index contributed by atoms with van der Waals surface area (Å²) in [5, 5.41) is 2.81. The molecule has 29 heavy (non-hydrogen) atoms. The Labute approximate surface area is 171 Å². The normalized spacial score (nSPS) is 14.2. The van der Waals surface area contributed by atoms with Crippen LogP contribution in [0.3, 0.4) is 0 Å². The first-order valence-electron chi connectivity index (χ1n) is 9.24. The molecule has 1 saturated heterocycles. The Morgan fingerprint density at radius 2 is 2.14 bits per heavy atom. The zero-order valence-corrected chi connectivity index (χ0v) is 16.4. The maximum atomic E-state index is 11.9. The highest BCUT2D eigenvalue weighted by Crippen LogP contribution is 2.24. The monoisotopic (exact) mass is 417 g/mol. The van der Waals surface area contributed by atoms with Crippen LogP contribution in [-0.4, -0.2) is 63.9 Å². The van der Waals surface area contributed by atoms with Crippen LogP contribution in [0.2, 0.25) is 5.28 Å². The van der Waals surface area contributed by atoms with E-state index in [9.17, 15) is 4.79 Å². The molecule has 2 N–H and O–H groups in total. The summed E-state index contributed by atoms with van der Waals surface area (Å²) in [6.07, 6.45) is 1.81. The third kappa shape index (κ3) is 4.90. The van der Waals surface area contributed by atoms with Crippen molar-refractivity contribution in [3.63, 3.8) is 0 Å². The quantitative estimate of drug-likeness (QED) is 0.582. The highest BCUT2D eigenvalue weighted by Gasteiger charge is 2.20. The van der Waals surface area contributed by atoms with Crippen LogP contribution < -0.4 is 10.2 Å². The molecule has 4 heterocycles. The Hall–Kier alpha value is -2.98. The van der Waals surface area contributed by atoms with Crippen LogP contribution in [0.1, 0.15) is 11.5 Å². The van der Waals surface area contributed by atoms with E-state index in [1.165, 1.54) is 0 Å². The maximum absolute atomic E-state index is 11.9. The van der Waals surface area contributed by atoms with Crippen molar-refractivity contribution in [2.24, 2.45) is 0 Å². The molecule has 0 radical (unpaired) electrons. The summed E-state index contributed by atoms with van der Waals surface area (Å²) >= 11 is 6.05. The van der Waals surface area contributed by atoms with E-state index in [2.05, 4.69) is 35.1 Å². The van der Waals surface area contributed by atoms with Gasteiger partial charge in [-0.2, -0.15) is 9.97 Å². The Morgan fingerprint density at radius 3 is 2.93 bits per heavy atom. The highest BCUT2D eigenvalue weighted by atomic mass is 35.5. The van der Waals surface area contributed by atoms with Crippen molar-refractivity contribution < 1.29 is 14.3 Å². The van der Waals surface area contributed by atoms with Gasteiger partial charge in [-0.05, 0) is 23.7 Å². The number of nitrogens with zero attached hydrogens (tertiary/aromatic N) is 5. The standard InChI is InChI=1S/C18H20ClN7O3/c19-17-24-15-14(16(25-17)26-7-9-28-10-8-26)22-13(23-15)11-29-18(27)21-6-4-12-3-1-2-5-20-12/h1-3,5H,4,6-11H2,(H,21,27)(H,22,23,24,25). The van der Waals surface area contributed by atoms with Crippen LogP contribution in [0.4, 0.5) is 10.6 Å². The van der Waals surface area contributed by atoms with Crippen LogP contribution in [0.5, 0.6) is 0 Å². The van der Waals surface area contributed by atoms with Gasteiger partial charge < -0.3 is 24.7 Å². The number of fused-ring (bicyclic) bond motifs is 1. The van der Waals surface area contributed by atoms with E-state index < -0.39 is 6.09 Å². The Bertz CT molecular complexity index is 976. The lowest BCUT2D eigenvalue weighted by atomic mass is 10.3. The third-order valence-electron chi connectivity index (χ3n) is 4.38. The number of morpholine rings is 1. The summed E-state index contributed by atoms with van der Waals surface area (Å²) in [6.45, 7) is 3.04. The van der Waals surface area contributed by atoms with Crippen molar-refractivity contribution in [2.45, 2.75) is 13.0 Å². The van der Waals surface area contributed by atoms with Gasteiger partial charge in [0, 0.05) is 37.9 Å². The summed E-state index contributed by atoms with van der Waals surface area (Å²) in [5.74, 6) is 1.13. The van der Waals surface area contributed by atoms with Gasteiger partial charge in [0.05, 0.1) is 13.2 Å². The van der Waals surface area contributed by atoms with Crippen molar-refractivity contribution >= 4 is 34.7 Å². The van der Waals surface area contributed by atoms with Gasteiger partial charge in [-0.3, -0.25) is 4.98 Å². The number of carbonyl (C=O) groups excluding carboxylic acids is 1. The smallest absolute Gasteiger partial charge is 0.407 e. The summed E-state index contributed by atoms with van der Waals surface area (Å²) in [7, 11) is 0. The van der Waals surface area contributed by atoms with Gasteiger partial charge in [-0.15, -0.1) is 0 Å². The molecule has 3 aromatic heterocycles. The molecule has 0 unspecified atom stereocenters. The molecule has 11 heteroatoms. The predicted octanol–water partition coefficient (Wildman–Crippen LogP) is 1.71. The lowest BCUT2D eigenvalue weighted by Gasteiger charge is -2.27. The molecule has 1 fully saturated rings. The van der Waals surface area contributed by atoms with Crippen LogP contribution in [-0.2, 0) is 22.5 Å². The van der Waals surface area contributed by atoms with E-state index in [0.717, 1.165) is 5.69 Å². The molecule has 0 aliphatic carbocycles. The molecule has 0 spiro atoms. The molecule has 1 aliphatic heterocycles. The Kier molecular flexibility index (Phi) is 6.01. The number of ether oxygens (including phenoxy) is 2. The summed E-state index contributed by atoms with van der Waals surface area (Å²) in [5.41, 5.74) is 1.99. The average molecular weight is 418 g/mol. The molecule has 0 saturated carbocycles. The van der Waals surface area contributed by atoms with Crippen LogP contribution in [0.25, 0.3) is 11.2 Å². The molecular formula is C18H20ClN7O3. The van der Waals surface area contributed by atoms with Crippen LogP contribution >= 0.6 is 11.6 Å².